The zero-order chi connectivity index (χ0) is 14.5. The Morgan fingerprint density at radius 1 is 1.25 bits per heavy atom. The van der Waals surface area contributed by atoms with Gasteiger partial charge in [0.15, 0.2) is 0 Å². The van der Waals surface area contributed by atoms with Gasteiger partial charge in [-0.25, -0.2) is 0 Å². The first kappa shape index (κ1) is 13.6. The molecular weight excluding hydrogens is 248 g/mol. The Balaban J connectivity index is 1.97. The van der Waals surface area contributed by atoms with Gasteiger partial charge in [0, 0.05) is 6.04 Å². The zero-order valence-corrected chi connectivity index (χ0v) is 12.8. The number of hydrogen-bond acceptors (Lipinski definition) is 2. The summed E-state index contributed by atoms with van der Waals surface area (Å²) in [5, 5.41) is 3.59. The van der Waals surface area contributed by atoms with Crippen LogP contribution >= 0.6 is 0 Å². The minimum absolute atomic E-state index is 0.0143. The molecule has 0 bridgehead atoms. The van der Waals surface area contributed by atoms with Crippen molar-refractivity contribution in [3.05, 3.63) is 35.9 Å². The van der Waals surface area contributed by atoms with Crippen molar-refractivity contribution in [2.75, 3.05) is 0 Å². The lowest BCUT2D eigenvalue weighted by atomic mass is 9.86. The third-order valence-electron chi connectivity index (χ3n) is 4.87. The third-order valence-corrected chi connectivity index (χ3v) is 4.87. The van der Waals surface area contributed by atoms with Crippen molar-refractivity contribution in [1.82, 2.24) is 10.2 Å². The van der Waals surface area contributed by atoms with Gasteiger partial charge in [0.2, 0.25) is 5.91 Å². The number of nitrogens with zero attached hydrogens (tertiary/aromatic N) is 1. The van der Waals surface area contributed by atoms with Crippen LogP contribution in [-0.4, -0.2) is 22.4 Å². The summed E-state index contributed by atoms with van der Waals surface area (Å²) >= 11 is 0. The van der Waals surface area contributed by atoms with Gasteiger partial charge in [-0.2, -0.15) is 0 Å². The topological polar surface area (TPSA) is 32.3 Å². The van der Waals surface area contributed by atoms with E-state index in [1.54, 1.807) is 0 Å². The molecule has 1 heterocycles. The highest BCUT2D eigenvalue weighted by Crippen LogP contribution is 2.48. The molecular formula is C17H24N2O. The molecule has 0 aromatic heterocycles. The van der Waals surface area contributed by atoms with Gasteiger partial charge in [-0.15, -0.1) is 0 Å². The second-order valence-corrected chi connectivity index (χ2v) is 7.29. The van der Waals surface area contributed by atoms with Crippen molar-refractivity contribution in [1.29, 1.82) is 0 Å². The van der Waals surface area contributed by atoms with E-state index < -0.39 is 0 Å². The van der Waals surface area contributed by atoms with Crippen LogP contribution < -0.4 is 5.32 Å². The number of benzene rings is 1. The van der Waals surface area contributed by atoms with Gasteiger partial charge in [0.05, 0.1) is 0 Å². The molecule has 1 amide bonds. The maximum Gasteiger partial charge on any atom is 0.244 e. The van der Waals surface area contributed by atoms with Crippen LogP contribution in [-0.2, 0) is 4.79 Å². The van der Waals surface area contributed by atoms with Crippen LogP contribution in [0.15, 0.2) is 30.3 Å². The second kappa shape index (κ2) is 4.32. The first-order valence-corrected chi connectivity index (χ1v) is 7.51. The van der Waals surface area contributed by atoms with E-state index in [4.69, 9.17) is 0 Å². The summed E-state index contributed by atoms with van der Waals surface area (Å²) in [4.78, 5) is 14.9. The van der Waals surface area contributed by atoms with Gasteiger partial charge < -0.3 is 4.90 Å². The van der Waals surface area contributed by atoms with Crippen LogP contribution in [0.2, 0.25) is 0 Å². The SMILES string of the molecule is CC(N1C(=O)C2(CC2)NC1c1ccccc1)C(C)(C)C. The fourth-order valence-corrected chi connectivity index (χ4v) is 2.94. The van der Waals surface area contributed by atoms with Gasteiger partial charge in [0.1, 0.15) is 11.7 Å². The molecule has 2 aliphatic rings. The monoisotopic (exact) mass is 272 g/mol. The van der Waals surface area contributed by atoms with Gasteiger partial charge in [-0.3, -0.25) is 10.1 Å². The summed E-state index contributed by atoms with van der Waals surface area (Å²) in [5.41, 5.74) is 0.992. The molecule has 20 heavy (non-hydrogen) atoms. The van der Waals surface area contributed by atoms with Crippen LogP contribution in [0.1, 0.15) is 52.3 Å². The number of carbonyl (C=O) groups excluding carboxylic acids is 1. The highest BCUT2D eigenvalue weighted by molar-refractivity contribution is 5.92. The van der Waals surface area contributed by atoms with E-state index in [0.717, 1.165) is 12.8 Å². The van der Waals surface area contributed by atoms with Crippen LogP contribution in [0.3, 0.4) is 0 Å². The Kier molecular flexibility index (Phi) is 2.94. The fraction of sp³-hybridized carbons (Fsp3) is 0.588. The van der Waals surface area contributed by atoms with Crippen LogP contribution in [0, 0.1) is 5.41 Å². The van der Waals surface area contributed by atoms with E-state index in [0.29, 0.717) is 0 Å². The lowest BCUT2D eigenvalue weighted by Gasteiger charge is -2.38. The molecule has 1 aliphatic heterocycles. The van der Waals surface area contributed by atoms with E-state index in [2.05, 4.69) is 50.0 Å². The first-order chi connectivity index (χ1) is 9.35. The van der Waals surface area contributed by atoms with Crippen molar-refractivity contribution >= 4 is 5.91 Å². The van der Waals surface area contributed by atoms with Crippen LogP contribution in [0.5, 0.6) is 0 Å². The van der Waals surface area contributed by atoms with Crippen molar-refractivity contribution in [2.45, 2.75) is 58.3 Å². The van der Waals surface area contributed by atoms with Crippen molar-refractivity contribution < 1.29 is 4.79 Å². The third kappa shape index (κ3) is 2.05. The predicted octanol–water partition coefficient (Wildman–Crippen LogP) is 3.08. The van der Waals surface area contributed by atoms with Gasteiger partial charge >= 0.3 is 0 Å². The average molecular weight is 272 g/mol. The number of rotatable bonds is 2. The number of amides is 1. The van der Waals surface area contributed by atoms with Crippen LogP contribution in [0.4, 0.5) is 0 Å². The van der Waals surface area contributed by atoms with E-state index >= 15 is 0 Å². The normalized spacial score (nSPS) is 26.1. The molecule has 108 valence electrons. The molecule has 3 nitrogen and oxygen atoms in total. The van der Waals surface area contributed by atoms with Crippen molar-refractivity contribution in [3.63, 3.8) is 0 Å². The van der Waals surface area contributed by atoms with Gasteiger partial charge in [0.25, 0.3) is 0 Å². The summed E-state index contributed by atoms with van der Waals surface area (Å²) in [6.45, 7) is 8.76. The van der Waals surface area contributed by atoms with E-state index in [-0.39, 0.29) is 29.1 Å². The summed E-state index contributed by atoms with van der Waals surface area (Å²) in [7, 11) is 0. The number of nitrogens with one attached hydrogen (secondary N) is 1. The van der Waals surface area contributed by atoms with Crippen LogP contribution in [0.25, 0.3) is 0 Å². The Bertz CT molecular complexity index is 514. The maximum absolute atomic E-state index is 12.8. The van der Waals surface area contributed by atoms with E-state index in [1.807, 2.05) is 18.2 Å². The quantitative estimate of drug-likeness (QED) is 0.897. The lowest BCUT2D eigenvalue weighted by Crippen LogP contribution is -2.45. The summed E-state index contributed by atoms with van der Waals surface area (Å²) in [6.07, 6.45) is 1.96. The molecule has 1 spiro atoms. The smallest absolute Gasteiger partial charge is 0.244 e. The van der Waals surface area contributed by atoms with Crippen molar-refractivity contribution in [2.24, 2.45) is 5.41 Å². The molecule has 2 unspecified atom stereocenters. The van der Waals surface area contributed by atoms with Crippen molar-refractivity contribution in [3.8, 4) is 0 Å². The molecule has 3 heteroatoms. The van der Waals surface area contributed by atoms with E-state index in [1.165, 1.54) is 5.56 Å². The van der Waals surface area contributed by atoms with Gasteiger partial charge in [-0.1, -0.05) is 51.1 Å². The first-order valence-electron chi connectivity index (χ1n) is 7.51. The fourth-order valence-electron chi connectivity index (χ4n) is 2.94. The molecule has 2 fully saturated rings. The molecule has 1 aliphatic carbocycles. The standard InChI is InChI=1S/C17H24N2O/c1-12(16(2,3)4)19-14(13-8-6-5-7-9-13)18-17(10-11-17)15(19)20/h5-9,12,14,18H,10-11H2,1-4H3. The highest BCUT2D eigenvalue weighted by atomic mass is 16.2. The Morgan fingerprint density at radius 2 is 1.85 bits per heavy atom. The number of hydrogen-bond donors (Lipinski definition) is 1. The van der Waals surface area contributed by atoms with E-state index in [9.17, 15) is 4.79 Å². The Labute approximate surface area is 121 Å². The highest BCUT2D eigenvalue weighted by Gasteiger charge is 2.60. The zero-order valence-electron chi connectivity index (χ0n) is 12.8. The molecule has 3 rings (SSSR count). The summed E-state index contributed by atoms with van der Waals surface area (Å²) < 4.78 is 0. The predicted molar refractivity (Wildman–Crippen MR) is 80.0 cm³/mol. The Morgan fingerprint density at radius 3 is 2.35 bits per heavy atom. The molecule has 2 atom stereocenters. The van der Waals surface area contributed by atoms with Gasteiger partial charge in [-0.05, 0) is 30.7 Å². The molecule has 1 aromatic rings. The molecule has 0 radical (unpaired) electrons. The largest absolute Gasteiger partial charge is 0.318 e. The molecule has 1 saturated heterocycles. The molecule has 1 N–H and O–H groups in total. The second-order valence-electron chi connectivity index (χ2n) is 7.29. The minimum Gasteiger partial charge on any atom is -0.318 e. The Hall–Kier alpha value is -1.35. The number of carbonyl (C=O) groups is 1. The maximum atomic E-state index is 12.8. The lowest BCUT2D eigenvalue weighted by molar-refractivity contribution is -0.135. The molecule has 1 saturated carbocycles. The summed E-state index contributed by atoms with van der Waals surface area (Å²) in [6, 6.07) is 10.5. The minimum atomic E-state index is -0.264. The summed E-state index contributed by atoms with van der Waals surface area (Å²) in [5.74, 6) is 0.286. The molecule has 1 aromatic carbocycles. The average Bonchev–Trinajstić information content (AvgIpc) is 3.12.